The van der Waals surface area contributed by atoms with Gasteiger partial charge in [0.25, 0.3) is 5.91 Å². The molecule has 0 aliphatic carbocycles. The van der Waals surface area contributed by atoms with Gasteiger partial charge in [-0.25, -0.2) is 12.8 Å². The van der Waals surface area contributed by atoms with Crippen LogP contribution in [0.15, 0.2) is 72.8 Å². The van der Waals surface area contributed by atoms with Crippen LogP contribution in [0.25, 0.3) is 0 Å². The fourth-order valence-electron chi connectivity index (χ4n) is 3.08. The molecule has 3 aromatic carbocycles. The summed E-state index contributed by atoms with van der Waals surface area (Å²) in [5.41, 5.74) is 1.73. The maximum atomic E-state index is 14.0. The van der Waals surface area contributed by atoms with Crippen LogP contribution in [0.2, 0.25) is 0 Å². The van der Waals surface area contributed by atoms with E-state index in [0.717, 1.165) is 10.6 Å². The highest BCUT2D eigenvalue weighted by Gasteiger charge is 2.19. The van der Waals surface area contributed by atoms with Crippen LogP contribution in [0, 0.1) is 5.82 Å². The van der Waals surface area contributed by atoms with E-state index in [1.165, 1.54) is 49.4 Å². The van der Waals surface area contributed by atoms with Gasteiger partial charge >= 0.3 is 0 Å². The number of rotatable bonds is 9. The average Bonchev–Trinajstić information content (AvgIpc) is 2.78. The van der Waals surface area contributed by atoms with Crippen molar-refractivity contribution < 1.29 is 27.1 Å². The molecule has 34 heavy (non-hydrogen) atoms. The first-order chi connectivity index (χ1) is 16.1. The summed E-state index contributed by atoms with van der Waals surface area (Å²) < 4.78 is 45.2. The van der Waals surface area contributed by atoms with Crippen molar-refractivity contribution in [1.29, 1.82) is 0 Å². The van der Waals surface area contributed by atoms with Crippen molar-refractivity contribution in [2.75, 3.05) is 27.8 Å². The Kier molecular flexibility index (Phi) is 7.85. The van der Waals surface area contributed by atoms with E-state index in [0.29, 0.717) is 22.8 Å². The zero-order valence-electron chi connectivity index (χ0n) is 18.6. The maximum absolute atomic E-state index is 14.0. The normalized spacial score (nSPS) is 10.9. The van der Waals surface area contributed by atoms with Gasteiger partial charge in [-0.2, -0.15) is 0 Å². The number of anilines is 3. The number of hydrogen-bond donors (Lipinski definition) is 2. The summed E-state index contributed by atoms with van der Waals surface area (Å²) in [5, 5.41) is 5.31. The lowest BCUT2D eigenvalue weighted by Crippen LogP contribution is -2.29. The van der Waals surface area contributed by atoms with Crippen LogP contribution in [0.5, 0.6) is 5.75 Å². The molecule has 2 N–H and O–H groups in total. The number of carbonyl (C=O) groups excluding carboxylic acids is 2. The Labute approximate surface area is 197 Å². The number of amides is 2. The SMILES string of the molecule is CC(=O)Nc1ccc(NC(=O)COc2ccc(N(Cc3ccccc3F)S(C)(=O)=O)cc2)cc1. The Balaban J connectivity index is 1.60. The van der Waals surface area contributed by atoms with Gasteiger partial charge in [-0.1, -0.05) is 18.2 Å². The predicted molar refractivity (Wildman–Crippen MR) is 129 cm³/mol. The summed E-state index contributed by atoms with van der Waals surface area (Å²) in [4.78, 5) is 23.2. The molecule has 2 amide bonds. The second-order valence-electron chi connectivity index (χ2n) is 7.45. The minimum absolute atomic E-state index is 0.158. The molecule has 0 fully saturated rings. The third kappa shape index (κ3) is 7.04. The molecule has 178 valence electrons. The van der Waals surface area contributed by atoms with Crippen molar-refractivity contribution in [3.63, 3.8) is 0 Å². The molecule has 0 saturated carbocycles. The molecule has 10 heteroatoms. The molecule has 0 bridgehead atoms. The van der Waals surface area contributed by atoms with E-state index in [-0.39, 0.29) is 24.6 Å². The summed E-state index contributed by atoms with van der Waals surface area (Å²) in [6, 6.07) is 18.7. The zero-order chi connectivity index (χ0) is 24.7. The van der Waals surface area contributed by atoms with Crippen LogP contribution >= 0.6 is 0 Å². The van der Waals surface area contributed by atoms with E-state index in [4.69, 9.17) is 4.74 Å². The summed E-state index contributed by atoms with van der Waals surface area (Å²) in [5.74, 6) is -0.720. The first kappa shape index (κ1) is 24.7. The minimum Gasteiger partial charge on any atom is -0.484 e. The van der Waals surface area contributed by atoms with Crippen molar-refractivity contribution in [3.05, 3.63) is 84.2 Å². The molecular formula is C24H24FN3O5S. The monoisotopic (exact) mass is 485 g/mol. The standard InChI is InChI=1S/C24H24FN3O5S/c1-17(29)26-19-7-9-20(10-8-19)27-24(30)16-33-22-13-11-21(12-14-22)28(34(2,31)32)15-18-5-3-4-6-23(18)25/h3-14H,15-16H2,1-2H3,(H,26,29)(H,27,30). The number of nitrogens with one attached hydrogen (secondary N) is 2. The van der Waals surface area contributed by atoms with Crippen LogP contribution in [-0.2, 0) is 26.2 Å². The Morgan fingerprint density at radius 2 is 1.50 bits per heavy atom. The summed E-state index contributed by atoms with van der Waals surface area (Å²) in [6.07, 6.45) is 1.05. The molecule has 0 atom stereocenters. The first-order valence-electron chi connectivity index (χ1n) is 10.2. The number of carbonyl (C=O) groups is 2. The third-order valence-corrected chi connectivity index (χ3v) is 5.80. The van der Waals surface area contributed by atoms with Crippen molar-refractivity contribution >= 4 is 38.9 Å². The number of ether oxygens (including phenoxy) is 1. The second-order valence-corrected chi connectivity index (χ2v) is 9.36. The van der Waals surface area contributed by atoms with Crippen molar-refractivity contribution in [1.82, 2.24) is 0 Å². The summed E-state index contributed by atoms with van der Waals surface area (Å²) >= 11 is 0. The molecule has 0 saturated heterocycles. The van der Waals surface area contributed by atoms with E-state index in [1.54, 1.807) is 30.3 Å². The summed E-state index contributed by atoms with van der Waals surface area (Å²) in [6.45, 7) is 0.980. The lowest BCUT2D eigenvalue weighted by molar-refractivity contribution is -0.118. The third-order valence-electron chi connectivity index (χ3n) is 4.66. The average molecular weight is 486 g/mol. The van der Waals surface area contributed by atoms with Crippen molar-refractivity contribution in [3.8, 4) is 5.75 Å². The molecule has 8 nitrogen and oxygen atoms in total. The van der Waals surface area contributed by atoms with Gasteiger partial charge in [0, 0.05) is 23.9 Å². The van der Waals surface area contributed by atoms with Gasteiger partial charge in [-0.15, -0.1) is 0 Å². The minimum atomic E-state index is -3.68. The molecule has 0 aliphatic heterocycles. The number of benzene rings is 3. The van der Waals surface area contributed by atoms with Gasteiger partial charge in [-0.05, 0) is 54.6 Å². The Morgan fingerprint density at radius 3 is 2.06 bits per heavy atom. The second kappa shape index (κ2) is 10.8. The molecule has 0 unspecified atom stereocenters. The zero-order valence-corrected chi connectivity index (χ0v) is 19.4. The topological polar surface area (TPSA) is 105 Å². The van der Waals surface area contributed by atoms with Crippen LogP contribution < -0.4 is 19.7 Å². The van der Waals surface area contributed by atoms with Crippen molar-refractivity contribution in [2.45, 2.75) is 13.5 Å². The van der Waals surface area contributed by atoms with Gasteiger partial charge < -0.3 is 15.4 Å². The van der Waals surface area contributed by atoms with E-state index < -0.39 is 21.7 Å². The lowest BCUT2D eigenvalue weighted by Gasteiger charge is -2.23. The number of sulfonamides is 1. The Morgan fingerprint density at radius 1 is 0.912 bits per heavy atom. The molecule has 0 radical (unpaired) electrons. The largest absolute Gasteiger partial charge is 0.484 e. The maximum Gasteiger partial charge on any atom is 0.262 e. The number of nitrogens with zero attached hydrogens (tertiary/aromatic N) is 1. The molecular weight excluding hydrogens is 461 g/mol. The van der Waals surface area contributed by atoms with E-state index in [1.807, 2.05) is 0 Å². The Hall–Kier alpha value is -3.92. The number of hydrogen-bond acceptors (Lipinski definition) is 5. The molecule has 3 rings (SSSR count). The van der Waals surface area contributed by atoms with Gasteiger partial charge in [0.1, 0.15) is 11.6 Å². The highest BCUT2D eigenvalue weighted by molar-refractivity contribution is 7.92. The first-order valence-corrected chi connectivity index (χ1v) is 12.1. The highest BCUT2D eigenvalue weighted by atomic mass is 32.2. The van der Waals surface area contributed by atoms with E-state index in [2.05, 4.69) is 10.6 Å². The lowest BCUT2D eigenvalue weighted by atomic mass is 10.2. The van der Waals surface area contributed by atoms with Gasteiger partial charge in [0.05, 0.1) is 18.5 Å². The van der Waals surface area contributed by atoms with Crippen LogP contribution in [0.4, 0.5) is 21.5 Å². The van der Waals surface area contributed by atoms with E-state index in [9.17, 15) is 22.4 Å². The predicted octanol–water partition coefficient (Wildman–Crippen LogP) is 3.77. The van der Waals surface area contributed by atoms with Crippen LogP contribution in [0.3, 0.4) is 0 Å². The van der Waals surface area contributed by atoms with Crippen LogP contribution in [0.1, 0.15) is 12.5 Å². The fraction of sp³-hybridized carbons (Fsp3) is 0.167. The van der Waals surface area contributed by atoms with Crippen molar-refractivity contribution in [2.24, 2.45) is 0 Å². The fourth-order valence-corrected chi connectivity index (χ4v) is 3.95. The Bertz CT molecular complexity index is 1260. The van der Waals surface area contributed by atoms with Crippen LogP contribution in [-0.4, -0.2) is 33.1 Å². The summed E-state index contributed by atoms with van der Waals surface area (Å²) in [7, 11) is -3.68. The molecule has 0 aromatic heterocycles. The van der Waals surface area contributed by atoms with Gasteiger partial charge in [0.15, 0.2) is 6.61 Å². The smallest absolute Gasteiger partial charge is 0.262 e. The quantitative estimate of drug-likeness (QED) is 0.480. The molecule has 3 aromatic rings. The molecule has 0 heterocycles. The molecule has 0 aliphatic rings. The van der Waals surface area contributed by atoms with E-state index >= 15 is 0 Å². The highest BCUT2D eigenvalue weighted by Crippen LogP contribution is 2.24. The van der Waals surface area contributed by atoms with Gasteiger partial charge in [0.2, 0.25) is 15.9 Å². The van der Waals surface area contributed by atoms with Gasteiger partial charge in [-0.3, -0.25) is 13.9 Å². The molecule has 0 spiro atoms. The number of halogens is 1.